The summed E-state index contributed by atoms with van der Waals surface area (Å²) in [6, 6.07) is 0. The van der Waals surface area contributed by atoms with E-state index in [0.29, 0.717) is 0 Å². The summed E-state index contributed by atoms with van der Waals surface area (Å²) in [5.41, 5.74) is -0.218. The van der Waals surface area contributed by atoms with E-state index in [1.807, 2.05) is 13.8 Å². The highest BCUT2D eigenvalue weighted by Crippen LogP contribution is 2.32. The van der Waals surface area contributed by atoms with Crippen molar-refractivity contribution in [3.63, 3.8) is 0 Å². The van der Waals surface area contributed by atoms with Gasteiger partial charge in [-0.15, -0.1) is 0 Å². The Morgan fingerprint density at radius 3 is 1.59 bits per heavy atom. The smallest absolute Gasteiger partial charge is 0.0982 e. The normalized spacial score (nSPS) is 22.4. The first-order chi connectivity index (χ1) is 9.97. The first kappa shape index (κ1) is 24.1. The molecule has 1 fully saturated rings. The van der Waals surface area contributed by atoms with Gasteiger partial charge in [0.15, 0.2) is 0 Å². The number of hydrogen-bond acceptors (Lipinski definition) is 4. The van der Waals surface area contributed by atoms with Crippen molar-refractivity contribution in [1.82, 2.24) is 0 Å². The standard InChI is InChI=1S/C10H20.C8H18O2.H2O2/c1-8(2)10-6-4-9(3)5-7-10;1-7(2,3)6-8(4,5)10-9;1-2/h8-10H,4-7H2,1-3H3;9H,6H2,1-5H3;1-2H. The van der Waals surface area contributed by atoms with Crippen LogP contribution in [-0.2, 0) is 4.89 Å². The summed E-state index contributed by atoms with van der Waals surface area (Å²) in [6.07, 6.45) is 6.76. The molecule has 0 aromatic heterocycles. The van der Waals surface area contributed by atoms with Gasteiger partial charge in [-0.25, -0.2) is 4.89 Å². The molecule has 0 saturated heterocycles. The predicted octanol–water partition coefficient (Wildman–Crippen LogP) is 6.18. The van der Waals surface area contributed by atoms with Gasteiger partial charge in [0.25, 0.3) is 0 Å². The second-order valence-electron chi connectivity index (χ2n) is 8.85. The monoisotopic (exact) mass is 320 g/mol. The van der Waals surface area contributed by atoms with Crippen molar-refractivity contribution in [2.45, 2.75) is 93.1 Å². The molecule has 1 rings (SSSR count). The second kappa shape index (κ2) is 11.4. The molecule has 3 N–H and O–H groups in total. The van der Waals surface area contributed by atoms with Crippen molar-refractivity contribution in [1.29, 1.82) is 0 Å². The van der Waals surface area contributed by atoms with Crippen LogP contribution >= 0.6 is 0 Å². The Balaban J connectivity index is 0. The van der Waals surface area contributed by atoms with E-state index in [1.165, 1.54) is 25.7 Å². The van der Waals surface area contributed by atoms with Crippen LogP contribution in [0, 0.1) is 23.2 Å². The zero-order valence-electron chi connectivity index (χ0n) is 16.0. The molecule has 0 aliphatic heterocycles. The van der Waals surface area contributed by atoms with E-state index in [4.69, 9.17) is 15.8 Å². The average Bonchev–Trinajstić information content (AvgIpc) is 2.40. The van der Waals surface area contributed by atoms with E-state index in [-0.39, 0.29) is 5.41 Å². The van der Waals surface area contributed by atoms with Gasteiger partial charge in [-0.05, 0) is 56.3 Å². The lowest BCUT2D eigenvalue weighted by atomic mass is 9.78. The maximum absolute atomic E-state index is 8.46. The molecular weight excluding hydrogens is 280 g/mol. The molecular formula is C18H40O4. The Kier molecular flexibility index (Phi) is 12.5. The lowest BCUT2D eigenvalue weighted by Gasteiger charge is -2.29. The highest BCUT2D eigenvalue weighted by molar-refractivity contribution is 4.75. The summed E-state index contributed by atoms with van der Waals surface area (Å²) >= 11 is 0. The van der Waals surface area contributed by atoms with E-state index in [1.54, 1.807) is 0 Å². The summed E-state index contributed by atoms with van der Waals surface area (Å²) in [6.45, 7) is 17.2. The van der Waals surface area contributed by atoms with Crippen molar-refractivity contribution in [3.05, 3.63) is 0 Å². The molecule has 0 bridgehead atoms. The van der Waals surface area contributed by atoms with Crippen LogP contribution in [0.25, 0.3) is 0 Å². The zero-order valence-corrected chi connectivity index (χ0v) is 16.0. The zero-order chi connectivity index (χ0) is 18.0. The largest absolute Gasteiger partial charge is 0.255 e. The van der Waals surface area contributed by atoms with Gasteiger partial charge in [0.1, 0.15) is 0 Å². The van der Waals surface area contributed by atoms with Crippen molar-refractivity contribution in [2.24, 2.45) is 23.2 Å². The van der Waals surface area contributed by atoms with Gasteiger partial charge in [-0.2, -0.15) is 0 Å². The highest BCUT2D eigenvalue weighted by atomic mass is 17.1. The summed E-state index contributed by atoms with van der Waals surface area (Å²) in [4.78, 5) is 4.31. The molecule has 0 radical (unpaired) electrons. The summed E-state index contributed by atoms with van der Waals surface area (Å²) in [5, 5.41) is 20.5. The molecule has 22 heavy (non-hydrogen) atoms. The quantitative estimate of drug-likeness (QED) is 0.429. The van der Waals surface area contributed by atoms with Crippen LogP contribution in [0.2, 0.25) is 0 Å². The first-order valence-electron chi connectivity index (χ1n) is 8.49. The third-order valence-electron chi connectivity index (χ3n) is 4.21. The van der Waals surface area contributed by atoms with Crippen molar-refractivity contribution < 1.29 is 20.7 Å². The molecule has 0 aromatic carbocycles. The molecule has 0 atom stereocenters. The van der Waals surface area contributed by atoms with Gasteiger partial charge < -0.3 is 0 Å². The van der Waals surface area contributed by atoms with Crippen LogP contribution in [0.3, 0.4) is 0 Å². The predicted molar refractivity (Wildman–Crippen MR) is 93.1 cm³/mol. The van der Waals surface area contributed by atoms with E-state index in [2.05, 4.69) is 46.4 Å². The maximum atomic E-state index is 8.46. The van der Waals surface area contributed by atoms with Crippen LogP contribution in [-0.4, -0.2) is 21.4 Å². The third kappa shape index (κ3) is 13.5. The van der Waals surface area contributed by atoms with Crippen molar-refractivity contribution >= 4 is 0 Å². The van der Waals surface area contributed by atoms with Crippen LogP contribution < -0.4 is 0 Å². The Hall–Kier alpha value is -0.160. The molecule has 4 nitrogen and oxygen atoms in total. The molecule has 1 aliphatic rings. The van der Waals surface area contributed by atoms with Crippen molar-refractivity contribution in [2.75, 3.05) is 0 Å². The fraction of sp³-hybridized carbons (Fsp3) is 1.00. The number of hydrogen-bond donors (Lipinski definition) is 3. The van der Waals surface area contributed by atoms with Crippen LogP contribution in [0.15, 0.2) is 0 Å². The van der Waals surface area contributed by atoms with Gasteiger partial charge in [-0.1, -0.05) is 54.4 Å². The van der Waals surface area contributed by atoms with Gasteiger partial charge in [0.05, 0.1) is 5.60 Å². The molecule has 1 aliphatic carbocycles. The highest BCUT2D eigenvalue weighted by Gasteiger charge is 2.26. The van der Waals surface area contributed by atoms with E-state index in [0.717, 1.165) is 24.2 Å². The van der Waals surface area contributed by atoms with Gasteiger partial charge in [-0.3, -0.25) is 15.8 Å². The van der Waals surface area contributed by atoms with E-state index < -0.39 is 5.60 Å². The average molecular weight is 321 g/mol. The lowest BCUT2D eigenvalue weighted by Crippen LogP contribution is -2.28. The van der Waals surface area contributed by atoms with Gasteiger partial charge in [0, 0.05) is 0 Å². The van der Waals surface area contributed by atoms with Crippen LogP contribution in [0.5, 0.6) is 0 Å². The Morgan fingerprint density at radius 1 is 0.955 bits per heavy atom. The Labute approximate surface area is 137 Å². The molecule has 0 amide bonds. The van der Waals surface area contributed by atoms with E-state index >= 15 is 0 Å². The summed E-state index contributed by atoms with van der Waals surface area (Å²) in [5.74, 6) is 2.97. The number of rotatable bonds is 3. The van der Waals surface area contributed by atoms with E-state index in [9.17, 15) is 0 Å². The first-order valence-corrected chi connectivity index (χ1v) is 8.49. The maximum Gasteiger partial charge on any atom is 0.0982 e. The summed E-state index contributed by atoms with van der Waals surface area (Å²) in [7, 11) is 0. The molecule has 4 heteroatoms. The minimum atomic E-state index is -0.418. The molecule has 0 heterocycles. The minimum Gasteiger partial charge on any atom is -0.255 e. The van der Waals surface area contributed by atoms with Gasteiger partial charge >= 0.3 is 0 Å². The molecule has 0 unspecified atom stereocenters. The Morgan fingerprint density at radius 2 is 1.36 bits per heavy atom. The molecule has 0 aromatic rings. The topological polar surface area (TPSA) is 69.9 Å². The Bertz CT molecular complexity index is 248. The van der Waals surface area contributed by atoms with Gasteiger partial charge in [0.2, 0.25) is 0 Å². The second-order valence-corrected chi connectivity index (χ2v) is 8.85. The van der Waals surface area contributed by atoms with Crippen molar-refractivity contribution in [3.8, 4) is 0 Å². The summed E-state index contributed by atoms with van der Waals surface area (Å²) < 4.78 is 0. The van der Waals surface area contributed by atoms with Crippen LogP contribution in [0.4, 0.5) is 0 Å². The molecule has 136 valence electrons. The third-order valence-corrected chi connectivity index (χ3v) is 4.21. The molecule has 1 saturated carbocycles. The molecule has 0 spiro atoms. The SMILES string of the molecule is CC(C)(C)CC(C)(C)OO.CC1CCC(C(C)C)CC1.OO. The lowest BCUT2D eigenvalue weighted by molar-refractivity contribution is -0.318. The minimum absolute atomic E-state index is 0.201. The fourth-order valence-electron chi connectivity index (χ4n) is 3.26. The van der Waals surface area contributed by atoms with Crippen LogP contribution in [0.1, 0.15) is 87.5 Å². The fourth-order valence-corrected chi connectivity index (χ4v) is 3.26.